The van der Waals surface area contributed by atoms with E-state index in [4.69, 9.17) is 8.92 Å². The Labute approximate surface area is 185 Å². The highest BCUT2D eigenvalue weighted by atomic mass is 32.2. The Bertz CT molecular complexity index is 1100. The molecule has 31 heavy (non-hydrogen) atoms. The molecule has 6 heteroatoms. The van der Waals surface area contributed by atoms with E-state index in [-0.39, 0.29) is 0 Å². The van der Waals surface area contributed by atoms with Crippen molar-refractivity contribution in [1.29, 1.82) is 0 Å². The van der Waals surface area contributed by atoms with Crippen LogP contribution in [-0.4, -0.2) is 44.6 Å². The number of benzene rings is 3. The fraction of sp³-hybridized carbons (Fsp3) is 0.280. The van der Waals surface area contributed by atoms with E-state index in [9.17, 15) is 4.21 Å². The molecule has 0 aromatic heterocycles. The van der Waals surface area contributed by atoms with Crippen LogP contribution in [0, 0.1) is 0 Å². The standard InChI is InChI=1S/C25H26N2O3S/c1-26(2)22-12-13-23-24(18-22)31(28)30-25(23,19-6-4-3-5-7-19)20-8-10-21(11-9-20)27-14-16-29-17-15-27/h3-13,18H,14-17H2,1-2H3. The van der Waals surface area contributed by atoms with Crippen LogP contribution in [-0.2, 0) is 25.6 Å². The molecule has 5 rings (SSSR count). The lowest BCUT2D eigenvalue weighted by Gasteiger charge is -2.32. The van der Waals surface area contributed by atoms with Crippen molar-refractivity contribution in [3.05, 3.63) is 89.5 Å². The maximum atomic E-state index is 13.2. The molecule has 1 saturated heterocycles. The lowest BCUT2D eigenvalue weighted by Crippen LogP contribution is -2.36. The molecule has 2 atom stereocenters. The summed E-state index contributed by atoms with van der Waals surface area (Å²) in [5.74, 6) is 0. The first kappa shape index (κ1) is 20.2. The highest BCUT2D eigenvalue weighted by Crippen LogP contribution is 2.49. The first-order valence-electron chi connectivity index (χ1n) is 10.5. The van der Waals surface area contributed by atoms with Crippen molar-refractivity contribution in [2.45, 2.75) is 10.5 Å². The monoisotopic (exact) mass is 434 g/mol. The zero-order valence-corrected chi connectivity index (χ0v) is 18.6. The molecular weight excluding hydrogens is 408 g/mol. The molecule has 5 nitrogen and oxygen atoms in total. The zero-order chi connectivity index (χ0) is 21.4. The summed E-state index contributed by atoms with van der Waals surface area (Å²) in [5, 5.41) is 0. The minimum absolute atomic E-state index is 0.729. The summed E-state index contributed by atoms with van der Waals surface area (Å²) in [6, 6.07) is 24.6. The van der Waals surface area contributed by atoms with E-state index < -0.39 is 16.7 Å². The summed E-state index contributed by atoms with van der Waals surface area (Å²) in [5.41, 5.74) is 4.14. The third kappa shape index (κ3) is 3.45. The number of fused-ring (bicyclic) bond motifs is 1. The van der Waals surface area contributed by atoms with Gasteiger partial charge in [-0.25, -0.2) is 4.21 Å². The van der Waals surface area contributed by atoms with Gasteiger partial charge in [-0.3, -0.25) is 4.18 Å². The molecule has 0 radical (unpaired) electrons. The van der Waals surface area contributed by atoms with Crippen LogP contribution in [0.2, 0.25) is 0 Å². The van der Waals surface area contributed by atoms with Gasteiger partial charge in [0.25, 0.3) is 0 Å². The maximum Gasteiger partial charge on any atom is 0.191 e. The van der Waals surface area contributed by atoms with Gasteiger partial charge in [-0.2, -0.15) is 0 Å². The van der Waals surface area contributed by atoms with Gasteiger partial charge >= 0.3 is 0 Å². The summed E-state index contributed by atoms with van der Waals surface area (Å²) in [6.07, 6.45) is 0. The summed E-state index contributed by atoms with van der Waals surface area (Å²) < 4.78 is 25.0. The second-order valence-corrected chi connectivity index (χ2v) is 9.16. The normalized spacial score (nSPS) is 22.9. The average molecular weight is 435 g/mol. The number of morpholine rings is 1. The van der Waals surface area contributed by atoms with Crippen LogP contribution in [0.3, 0.4) is 0 Å². The molecule has 0 amide bonds. The Hall–Kier alpha value is -2.67. The van der Waals surface area contributed by atoms with Gasteiger partial charge in [0, 0.05) is 44.1 Å². The minimum Gasteiger partial charge on any atom is -0.378 e. The van der Waals surface area contributed by atoms with Gasteiger partial charge in [-0.15, -0.1) is 0 Å². The molecule has 2 aliphatic heterocycles. The molecule has 0 saturated carbocycles. The van der Waals surface area contributed by atoms with Gasteiger partial charge in [0.15, 0.2) is 16.7 Å². The topological polar surface area (TPSA) is 42.0 Å². The Morgan fingerprint density at radius 3 is 2.26 bits per heavy atom. The van der Waals surface area contributed by atoms with E-state index in [1.807, 2.05) is 55.4 Å². The second kappa shape index (κ2) is 8.11. The molecule has 160 valence electrons. The van der Waals surface area contributed by atoms with Crippen LogP contribution >= 0.6 is 0 Å². The molecule has 1 fully saturated rings. The van der Waals surface area contributed by atoms with Crippen molar-refractivity contribution < 1.29 is 13.1 Å². The van der Waals surface area contributed by atoms with Crippen LogP contribution in [0.5, 0.6) is 0 Å². The lowest BCUT2D eigenvalue weighted by atomic mass is 9.80. The number of anilines is 2. The van der Waals surface area contributed by atoms with Gasteiger partial charge in [0.05, 0.1) is 18.1 Å². The predicted octanol–water partition coefficient (Wildman–Crippen LogP) is 3.93. The molecule has 0 N–H and O–H groups in total. The fourth-order valence-electron chi connectivity index (χ4n) is 4.40. The van der Waals surface area contributed by atoms with Crippen molar-refractivity contribution in [3.8, 4) is 0 Å². The van der Waals surface area contributed by atoms with Crippen LogP contribution in [0.25, 0.3) is 0 Å². The Kier molecular flexibility index (Phi) is 5.30. The molecule has 0 spiro atoms. The number of hydrogen-bond acceptors (Lipinski definition) is 5. The van der Waals surface area contributed by atoms with Gasteiger partial charge in [0.2, 0.25) is 0 Å². The largest absolute Gasteiger partial charge is 0.378 e. The van der Waals surface area contributed by atoms with Gasteiger partial charge in [-0.05, 0) is 35.4 Å². The highest BCUT2D eigenvalue weighted by Gasteiger charge is 2.47. The molecule has 3 aromatic carbocycles. The molecule has 2 unspecified atom stereocenters. The Balaban J connectivity index is 1.64. The first-order valence-corrected chi connectivity index (χ1v) is 11.6. The van der Waals surface area contributed by atoms with Gasteiger partial charge in [-0.1, -0.05) is 48.5 Å². The molecule has 2 heterocycles. The van der Waals surface area contributed by atoms with E-state index in [2.05, 4.69) is 41.3 Å². The van der Waals surface area contributed by atoms with E-state index in [0.29, 0.717) is 0 Å². The van der Waals surface area contributed by atoms with Crippen LogP contribution in [0.15, 0.2) is 77.7 Å². The number of rotatable bonds is 4. The van der Waals surface area contributed by atoms with Crippen molar-refractivity contribution in [1.82, 2.24) is 0 Å². The van der Waals surface area contributed by atoms with Gasteiger partial charge < -0.3 is 14.5 Å². The first-order chi connectivity index (χ1) is 15.1. The Morgan fingerprint density at radius 1 is 0.903 bits per heavy atom. The van der Waals surface area contributed by atoms with E-state index in [1.54, 1.807) is 0 Å². The summed E-state index contributed by atoms with van der Waals surface area (Å²) in [7, 11) is 3.96. The summed E-state index contributed by atoms with van der Waals surface area (Å²) in [4.78, 5) is 5.07. The predicted molar refractivity (Wildman–Crippen MR) is 124 cm³/mol. The quantitative estimate of drug-likeness (QED) is 0.622. The van der Waals surface area contributed by atoms with Crippen molar-refractivity contribution in [2.24, 2.45) is 0 Å². The number of hydrogen-bond donors (Lipinski definition) is 0. The molecule has 3 aromatic rings. The van der Waals surface area contributed by atoms with Crippen molar-refractivity contribution >= 4 is 22.5 Å². The van der Waals surface area contributed by atoms with E-state index in [1.165, 1.54) is 0 Å². The van der Waals surface area contributed by atoms with Gasteiger partial charge in [0.1, 0.15) is 0 Å². The summed E-state index contributed by atoms with van der Waals surface area (Å²) in [6.45, 7) is 3.28. The smallest absolute Gasteiger partial charge is 0.191 e. The van der Waals surface area contributed by atoms with E-state index >= 15 is 0 Å². The molecule has 0 bridgehead atoms. The van der Waals surface area contributed by atoms with E-state index in [0.717, 1.165) is 59.3 Å². The highest BCUT2D eigenvalue weighted by molar-refractivity contribution is 7.80. The number of ether oxygens (including phenoxy) is 1. The molecule has 0 aliphatic carbocycles. The van der Waals surface area contributed by atoms with Crippen molar-refractivity contribution in [3.63, 3.8) is 0 Å². The minimum atomic E-state index is -1.56. The fourth-order valence-corrected chi connectivity index (χ4v) is 5.60. The average Bonchev–Trinajstić information content (AvgIpc) is 3.13. The lowest BCUT2D eigenvalue weighted by molar-refractivity contribution is 0.122. The Morgan fingerprint density at radius 2 is 1.58 bits per heavy atom. The maximum absolute atomic E-state index is 13.2. The van der Waals surface area contributed by atoms with Crippen LogP contribution in [0.1, 0.15) is 16.7 Å². The number of nitrogens with zero attached hydrogens (tertiary/aromatic N) is 2. The third-order valence-corrected chi connectivity index (χ3v) is 7.17. The summed E-state index contributed by atoms with van der Waals surface area (Å²) >= 11 is -1.56. The molecular formula is C25H26N2O3S. The second-order valence-electron chi connectivity index (χ2n) is 8.09. The van der Waals surface area contributed by atoms with Crippen molar-refractivity contribution in [2.75, 3.05) is 50.2 Å². The van der Waals surface area contributed by atoms with Crippen LogP contribution < -0.4 is 9.80 Å². The molecule has 2 aliphatic rings. The third-order valence-electron chi connectivity index (χ3n) is 6.07. The SMILES string of the molecule is CN(C)c1ccc2c(c1)S(=O)OC2(c1ccccc1)c1ccc(N2CCOCC2)cc1. The zero-order valence-electron chi connectivity index (χ0n) is 17.8. The van der Waals surface area contributed by atoms with Crippen LogP contribution in [0.4, 0.5) is 11.4 Å².